The Balaban J connectivity index is -0.000000447. The summed E-state index contributed by atoms with van der Waals surface area (Å²) in [4.78, 5) is 27.7. The van der Waals surface area contributed by atoms with Crippen LogP contribution in [0.4, 0.5) is 9.59 Å². The molecule has 0 aliphatic heterocycles. The van der Waals surface area contributed by atoms with Crippen molar-refractivity contribution in [2.45, 2.75) is 19.3 Å². The summed E-state index contributed by atoms with van der Waals surface area (Å²) in [7, 11) is 12.1. The monoisotopic (exact) mass is 629 g/mol. The lowest BCUT2D eigenvalue weighted by atomic mass is 10.4. The third-order valence-corrected chi connectivity index (χ3v) is 3.22. The van der Waals surface area contributed by atoms with Gasteiger partial charge in [-0.15, -0.1) is 0 Å². The van der Waals surface area contributed by atoms with Crippen LogP contribution >= 0.6 is 37.2 Å². The quantitative estimate of drug-likeness (QED) is 0.194. The molecule has 0 aromatic carbocycles. The van der Waals surface area contributed by atoms with Crippen LogP contribution in [0.15, 0.2) is 0 Å². The number of urea groups is 2. The number of rotatable bonds is 12. The molecule has 0 unspecified atom stereocenters. The summed E-state index contributed by atoms with van der Waals surface area (Å²) in [6.07, 6.45) is 2.91. The molecule has 0 aliphatic rings. The average molecular weight is 629 g/mol. The summed E-state index contributed by atoms with van der Waals surface area (Å²) in [5.74, 6) is 0. The predicted octanol–water partition coefficient (Wildman–Crippen LogP) is 1.57. The van der Waals surface area contributed by atoms with Crippen molar-refractivity contribution in [2.24, 2.45) is 5.73 Å². The Hall–Kier alpha value is -0.120. The third-order valence-electron chi connectivity index (χ3n) is 3.22. The van der Waals surface area contributed by atoms with E-state index in [-0.39, 0.29) is 6.03 Å². The van der Waals surface area contributed by atoms with Crippen LogP contribution in [0.1, 0.15) is 19.3 Å². The fourth-order valence-corrected chi connectivity index (χ4v) is 1.86. The van der Waals surface area contributed by atoms with Gasteiger partial charge in [0.15, 0.2) is 0 Å². The Morgan fingerprint density at radius 1 is 0.679 bits per heavy atom. The van der Waals surface area contributed by atoms with Gasteiger partial charge in [0.25, 0.3) is 0 Å². The lowest BCUT2D eigenvalue weighted by Gasteiger charge is -2.12. The van der Waals surface area contributed by atoms with E-state index in [0.29, 0.717) is 6.54 Å². The van der Waals surface area contributed by atoms with Gasteiger partial charge in [-0.1, -0.05) is 0 Å². The number of nitrogens with one attached hydrogen (secondary N) is 3. The molecule has 0 fully saturated rings. The van der Waals surface area contributed by atoms with Crippen molar-refractivity contribution in [3.05, 3.63) is 0 Å². The highest BCUT2D eigenvalue weighted by molar-refractivity contribution is 15.0. The third kappa shape index (κ3) is 36.7. The average Bonchev–Trinajstić information content (AvgIpc) is 2.61. The van der Waals surface area contributed by atoms with E-state index in [1.807, 2.05) is 42.3 Å². The Morgan fingerprint density at radius 3 is 1.21 bits per heavy atom. The molecule has 9 nitrogen and oxygen atoms in total. The summed E-state index contributed by atoms with van der Waals surface area (Å²) in [5.41, 5.74) is 4.85. The number of hydrogen-bond acceptors (Lipinski definition) is 5. The van der Waals surface area contributed by atoms with Gasteiger partial charge in [-0.2, -0.15) is 0 Å². The molecule has 0 radical (unpaired) electrons. The van der Waals surface area contributed by atoms with E-state index in [4.69, 9.17) is 5.73 Å². The van der Waals surface area contributed by atoms with E-state index in [0.717, 1.165) is 52.0 Å². The zero-order valence-electron chi connectivity index (χ0n) is 18.4. The Bertz CT molecular complexity index is 342. The van der Waals surface area contributed by atoms with Gasteiger partial charge in [-0.05, 0) is 81.2 Å². The molecule has 28 heavy (non-hydrogen) atoms. The first-order valence-electron chi connectivity index (χ1n) is 9.28. The van der Waals surface area contributed by atoms with Crippen molar-refractivity contribution >= 4 is 49.3 Å². The van der Waals surface area contributed by atoms with E-state index >= 15 is 0 Å². The van der Waals surface area contributed by atoms with Gasteiger partial charge in [0.2, 0.25) is 0 Å². The second kappa shape index (κ2) is 24.9. The molecule has 170 valence electrons. The number of nitrogens with zero attached hydrogens (tertiary/aromatic N) is 3. The van der Waals surface area contributed by atoms with Gasteiger partial charge in [-0.25, -0.2) is 9.59 Å². The summed E-state index contributed by atoms with van der Waals surface area (Å²) in [5, 5.41) is 8.18. The number of primary amides is 1. The molecule has 0 aromatic rings. The number of carbonyl (C=O) groups excluding carboxylic acids is 2. The molecule has 0 spiro atoms. The minimum Gasteiger partial charge on any atom is -0.352 e. The van der Waals surface area contributed by atoms with Gasteiger partial charge < -0.3 is 36.4 Å². The molecule has 11 heteroatoms. The fraction of sp³-hybridized carbons (Fsp3) is 0.882. The number of amides is 4. The highest BCUT2D eigenvalue weighted by Crippen LogP contribution is 1.89. The highest BCUT2D eigenvalue weighted by Gasteiger charge is 1.99. The lowest BCUT2D eigenvalue weighted by Crippen LogP contribution is -2.37. The Kier molecular flexibility index (Phi) is 29.0. The van der Waals surface area contributed by atoms with Crippen LogP contribution in [-0.2, 0) is 0 Å². The predicted molar refractivity (Wildman–Crippen MR) is 137 cm³/mol. The summed E-state index contributed by atoms with van der Waals surface area (Å²) in [6, 6.07) is -0.503. The SMILES string of the molecule is CN(C)CCCNC(=O)NCCCN(C)C.CN(C)CCCNC(N)=O.II. The molecule has 4 amide bonds. The molecule has 0 aromatic heterocycles. The van der Waals surface area contributed by atoms with Crippen molar-refractivity contribution in [3.63, 3.8) is 0 Å². The van der Waals surface area contributed by atoms with Crippen molar-refractivity contribution in [1.82, 2.24) is 30.7 Å². The van der Waals surface area contributed by atoms with Gasteiger partial charge in [0.05, 0.1) is 0 Å². The molecule has 5 N–H and O–H groups in total. The molecule has 0 atom stereocenters. The van der Waals surface area contributed by atoms with E-state index in [9.17, 15) is 9.59 Å². The smallest absolute Gasteiger partial charge is 0.314 e. The zero-order chi connectivity index (χ0) is 22.4. The molecular formula is C17H41I2N7O2. The van der Waals surface area contributed by atoms with Crippen molar-refractivity contribution in [2.75, 3.05) is 81.6 Å². The highest BCUT2D eigenvalue weighted by atomic mass is 128. The van der Waals surface area contributed by atoms with Crippen LogP contribution in [-0.4, -0.2) is 108 Å². The number of halogens is 2. The van der Waals surface area contributed by atoms with Crippen LogP contribution in [0, 0.1) is 0 Å². The van der Waals surface area contributed by atoms with Crippen LogP contribution in [0.3, 0.4) is 0 Å². The summed E-state index contributed by atoms with van der Waals surface area (Å²) >= 11 is 4.24. The van der Waals surface area contributed by atoms with E-state index in [1.165, 1.54) is 0 Å². The molecular weight excluding hydrogens is 588 g/mol. The molecule has 0 saturated carbocycles. The van der Waals surface area contributed by atoms with Gasteiger partial charge >= 0.3 is 12.1 Å². The minimum atomic E-state index is -0.446. The Morgan fingerprint density at radius 2 is 0.964 bits per heavy atom. The maximum absolute atomic E-state index is 11.3. The first-order chi connectivity index (χ1) is 13.1. The zero-order valence-corrected chi connectivity index (χ0v) is 22.7. The second-order valence-corrected chi connectivity index (χ2v) is 6.94. The van der Waals surface area contributed by atoms with E-state index in [2.05, 4.69) is 67.9 Å². The summed E-state index contributed by atoms with van der Waals surface area (Å²) in [6.45, 7) is 5.10. The maximum atomic E-state index is 11.3. The first kappa shape index (κ1) is 32.5. The molecule has 0 heterocycles. The normalized spacial score (nSPS) is 9.96. The van der Waals surface area contributed by atoms with Crippen LogP contribution in [0.2, 0.25) is 0 Å². The first-order valence-corrected chi connectivity index (χ1v) is 15.6. The largest absolute Gasteiger partial charge is 0.352 e. The van der Waals surface area contributed by atoms with Crippen molar-refractivity contribution in [3.8, 4) is 0 Å². The summed E-state index contributed by atoms with van der Waals surface area (Å²) < 4.78 is 0. The lowest BCUT2D eigenvalue weighted by molar-refractivity contribution is 0.239. The van der Waals surface area contributed by atoms with Gasteiger partial charge in [-0.3, -0.25) is 0 Å². The molecule has 0 bridgehead atoms. The Labute approximate surface area is 195 Å². The standard InChI is InChI=1S/C11H26N4O.C6H15N3O.I2/c1-14(2)9-5-7-12-11(16)13-8-6-10-15(3)4;1-9(2)5-3-4-8-6(7)10;1-2/h5-10H2,1-4H3,(H2,12,13,16);3-5H2,1-2H3,(H3,7,8,10);. The number of carbonyl (C=O) groups is 2. The van der Waals surface area contributed by atoms with Gasteiger partial charge in [0, 0.05) is 56.9 Å². The van der Waals surface area contributed by atoms with Crippen molar-refractivity contribution in [1.29, 1.82) is 0 Å². The van der Waals surface area contributed by atoms with E-state index < -0.39 is 6.03 Å². The fourth-order valence-electron chi connectivity index (χ4n) is 1.86. The molecule has 0 saturated heterocycles. The van der Waals surface area contributed by atoms with Crippen LogP contribution < -0.4 is 21.7 Å². The van der Waals surface area contributed by atoms with Gasteiger partial charge in [0.1, 0.15) is 0 Å². The van der Waals surface area contributed by atoms with Crippen LogP contribution in [0.5, 0.6) is 0 Å². The molecule has 0 rings (SSSR count). The van der Waals surface area contributed by atoms with Crippen LogP contribution in [0.25, 0.3) is 0 Å². The topological polar surface area (TPSA) is 106 Å². The number of hydrogen-bond donors (Lipinski definition) is 4. The second-order valence-electron chi connectivity index (χ2n) is 6.94. The van der Waals surface area contributed by atoms with Crippen molar-refractivity contribution < 1.29 is 9.59 Å². The number of nitrogens with two attached hydrogens (primary N) is 1. The maximum Gasteiger partial charge on any atom is 0.314 e. The van der Waals surface area contributed by atoms with E-state index in [1.54, 1.807) is 0 Å². The molecule has 0 aliphatic carbocycles. The minimum absolute atomic E-state index is 0.0579.